The molecule has 8 nitrogen and oxygen atoms in total. The van der Waals surface area contributed by atoms with Crippen LogP contribution in [0.25, 0.3) is 11.1 Å². The number of urea groups is 1. The van der Waals surface area contributed by atoms with Gasteiger partial charge in [0.15, 0.2) is 17.1 Å². The van der Waals surface area contributed by atoms with E-state index in [0.717, 1.165) is 16.7 Å². The molecule has 1 heterocycles. The third-order valence-corrected chi connectivity index (χ3v) is 8.25. The van der Waals surface area contributed by atoms with Crippen molar-refractivity contribution in [1.82, 2.24) is 15.5 Å². The molecule has 0 atom stereocenters. The van der Waals surface area contributed by atoms with E-state index >= 15 is 0 Å². The third kappa shape index (κ3) is 8.82. The Hall–Kier alpha value is -3.51. The number of aliphatic hydroxyl groups is 2. The van der Waals surface area contributed by atoms with E-state index in [2.05, 4.69) is 15.5 Å². The molecule has 1 fully saturated rings. The minimum absolute atomic E-state index is 0.00551. The molecule has 0 radical (unpaired) electrons. The number of benzene rings is 2. The van der Waals surface area contributed by atoms with Crippen LogP contribution in [0.2, 0.25) is 0 Å². The van der Waals surface area contributed by atoms with Crippen LogP contribution in [-0.2, 0) is 17.7 Å². The fourth-order valence-electron chi connectivity index (χ4n) is 5.37. The number of nitrogens with zero attached hydrogens (tertiary/aromatic N) is 3. The van der Waals surface area contributed by atoms with Crippen LogP contribution in [0.15, 0.2) is 53.1 Å². The average Bonchev–Trinajstić information content (AvgIpc) is 3.45. The SMILES string of the molecule is CC(C)(O)c1ccc(-c2cccc(N(CCCCCc3noc(C(C)(C)F)n3)C(=O)NC3CCC(O)(C(F)(F)F)CC3)c2)cc1. The molecule has 3 aromatic rings. The van der Waals surface area contributed by atoms with Crippen molar-refractivity contribution in [3.63, 3.8) is 0 Å². The number of carbonyl (C=O) groups excluding carboxylic acids is 1. The van der Waals surface area contributed by atoms with Gasteiger partial charge in [0.2, 0.25) is 0 Å². The highest BCUT2D eigenvalue weighted by molar-refractivity contribution is 5.93. The highest BCUT2D eigenvalue weighted by Gasteiger charge is 2.54. The molecule has 3 N–H and O–H groups in total. The van der Waals surface area contributed by atoms with Crippen molar-refractivity contribution in [2.45, 2.75) is 108 Å². The number of nitrogens with one attached hydrogen (secondary N) is 1. The minimum atomic E-state index is -4.72. The Morgan fingerprint density at radius 2 is 1.67 bits per heavy atom. The number of hydrogen-bond acceptors (Lipinski definition) is 6. The van der Waals surface area contributed by atoms with Gasteiger partial charge in [-0.3, -0.25) is 4.90 Å². The van der Waals surface area contributed by atoms with E-state index in [-0.39, 0.29) is 18.7 Å². The van der Waals surface area contributed by atoms with Crippen LogP contribution in [0.3, 0.4) is 0 Å². The topological polar surface area (TPSA) is 112 Å². The second-order valence-electron chi connectivity index (χ2n) is 12.9. The molecule has 2 amide bonds. The molecule has 1 aliphatic rings. The van der Waals surface area contributed by atoms with Crippen LogP contribution in [0.5, 0.6) is 0 Å². The molecule has 4 rings (SSSR count). The third-order valence-electron chi connectivity index (χ3n) is 8.25. The van der Waals surface area contributed by atoms with Gasteiger partial charge in [0.05, 0.1) is 5.60 Å². The molecule has 45 heavy (non-hydrogen) atoms. The smallest absolute Gasteiger partial charge is 0.386 e. The van der Waals surface area contributed by atoms with Crippen LogP contribution in [0, 0.1) is 0 Å². The summed E-state index contributed by atoms with van der Waals surface area (Å²) in [6.07, 6.45) is -3.20. The summed E-state index contributed by atoms with van der Waals surface area (Å²) in [6.45, 7) is 6.43. The summed E-state index contributed by atoms with van der Waals surface area (Å²) < 4.78 is 58.9. The zero-order valence-electron chi connectivity index (χ0n) is 26.1. The molecule has 1 aromatic heterocycles. The molecule has 0 aliphatic heterocycles. The highest BCUT2D eigenvalue weighted by Crippen LogP contribution is 2.41. The summed E-state index contributed by atoms with van der Waals surface area (Å²) >= 11 is 0. The number of aryl methyl sites for hydroxylation is 1. The van der Waals surface area contributed by atoms with Crippen molar-refractivity contribution in [2.24, 2.45) is 0 Å². The van der Waals surface area contributed by atoms with Crippen LogP contribution >= 0.6 is 0 Å². The Balaban J connectivity index is 1.45. The molecule has 1 aliphatic carbocycles. The van der Waals surface area contributed by atoms with Gasteiger partial charge in [-0.25, -0.2) is 9.18 Å². The molecule has 0 unspecified atom stereocenters. The van der Waals surface area contributed by atoms with E-state index in [1.807, 2.05) is 42.5 Å². The molecule has 12 heteroatoms. The number of halogens is 4. The predicted octanol–water partition coefficient (Wildman–Crippen LogP) is 7.33. The predicted molar refractivity (Wildman–Crippen MR) is 162 cm³/mol. The number of carbonyl (C=O) groups is 1. The van der Waals surface area contributed by atoms with E-state index in [1.54, 1.807) is 24.8 Å². The molecule has 1 saturated carbocycles. The Labute approximate surface area is 260 Å². The molecule has 0 saturated heterocycles. The number of aromatic nitrogens is 2. The van der Waals surface area contributed by atoms with Gasteiger partial charge in [-0.2, -0.15) is 18.2 Å². The van der Waals surface area contributed by atoms with Crippen LogP contribution in [0.4, 0.5) is 28.0 Å². The van der Waals surface area contributed by atoms with Gasteiger partial charge in [0.1, 0.15) is 0 Å². The number of hydrogen-bond donors (Lipinski definition) is 3. The van der Waals surface area contributed by atoms with Gasteiger partial charge in [-0.1, -0.05) is 48.0 Å². The number of rotatable bonds is 11. The monoisotopic (exact) mass is 634 g/mol. The Bertz CT molecular complexity index is 1420. The maximum Gasteiger partial charge on any atom is 0.417 e. The molecule has 246 valence electrons. The van der Waals surface area contributed by atoms with E-state index in [9.17, 15) is 32.6 Å². The second kappa shape index (κ2) is 13.5. The molecular formula is C33H42F4N4O4. The van der Waals surface area contributed by atoms with Gasteiger partial charge in [0, 0.05) is 24.7 Å². The Morgan fingerprint density at radius 1 is 1.00 bits per heavy atom. The van der Waals surface area contributed by atoms with E-state index in [1.165, 1.54) is 13.8 Å². The summed E-state index contributed by atoms with van der Waals surface area (Å²) in [5.41, 5.74) is -2.33. The largest absolute Gasteiger partial charge is 0.417 e. The van der Waals surface area contributed by atoms with Crippen molar-refractivity contribution in [2.75, 3.05) is 11.4 Å². The Kier molecular flexibility index (Phi) is 10.3. The lowest BCUT2D eigenvalue weighted by Crippen LogP contribution is -2.53. The summed E-state index contributed by atoms with van der Waals surface area (Å²) in [5, 5.41) is 27.1. The zero-order chi connectivity index (χ0) is 33.0. The first-order valence-corrected chi connectivity index (χ1v) is 15.3. The number of amides is 2. The lowest BCUT2D eigenvalue weighted by atomic mass is 9.82. The summed E-state index contributed by atoms with van der Waals surface area (Å²) in [4.78, 5) is 19.3. The number of unbranched alkanes of at least 4 members (excludes halogenated alkanes) is 2. The summed E-state index contributed by atoms with van der Waals surface area (Å²) in [7, 11) is 0. The lowest BCUT2D eigenvalue weighted by Gasteiger charge is -2.38. The molecular weight excluding hydrogens is 592 g/mol. The standard InChI is InChI=1S/C33H42F4N4O4/c1-30(2,34)28-39-27(40-45-28)11-6-5-7-20-41(29(42)38-25-16-18-32(44,19-17-25)33(35,36)37)26-10-8-9-23(21-26)22-12-14-24(15-13-22)31(3,4)43/h8-10,12-15,21,25,43-44H,5-7,11,16-20H2,1-4H3,(H,38,42). The fraction of sp³-hybridized carbons (Fsp3) is 0.545. The normalized spacial score (nSPS) is 19.4. The quantitative estimate of drug-likeness (QED) is 0.150. The average molecular weight is 635 g/mol. The van der Waals surface area contributed by atoms with Gasteiger partial charge in [-0.15, -0.1) is 0 Å². The van der Waals surface area contributed by atoms with Gasteiger partial charge in [-0.05, 0) is 95.0 Å². The van der Waals surface area contributed by atoms with Crippen molar-refractivity contribution < 1.29 is 37.1 Å². The molecule has 2 aromatic carbocycles. The zero-order valence-corrected chi connectivity index (χ0v) is 26.1. The van der Waals surface area contributed by atoms with Crippen LogP contribution in [-0.4, -0.2) is 50.7 Å². The maximum absolute atomic E-state index is 14.1. The summed E-state index contributed by atoms with van der Waals surface area (Å²) in [6, 6.07) is 14.0. The fourth-order valence-corrected chi connectivity index (χ4v) is 5.37. The first-order chi connectivity index (χ1) is 21.0. The minimum Gasteiger partial charge on any atom is -0.386 e. The number of alkyl halides is 4. The first kappa shape index (κ1) is 34.4. The lowest BCUT2D eigenvalue weighted by molar-refractivity contribution is -0.270. The Morgan fingerprint density at radius 3 is 2.24 bits per heavy atom. The maximum atomic E-state index is 14.1. The first-order valence-electron chi connectivity index (χ1n) is 15.3. The summed E-state index contributed by atoms with van der Waals surface area (Å²) in [5.74, 6) is 0.330. The van der Waals surface area contributed by atoms with Gasteiger partial charge >= 0.3 is 12.2 Å². The van der Waals surface area contributed by atoms with Gasteiger partial charge < -0.3 is 20.1 Å². The van der Waals surface area contributed by atoms with Crippen LogP contribution in [0.1, 0.15) is 89.9 Å². The van der Waals surface area contributed by atoms with E-state index < -0.39 is 48.0 Å². The van der Waals surface area contributed by atoms with Gasteiger partial charge in [0.25, 0.3) is 5.89 Å². The molecule has 0 bridgehead atoms. The van der Waals surface area contributed by atoms with E-state index in [4.69, 9.17) is 4.52 Å². The number of anilines is 1. The van der Waals surface area contributed by atoms with Crippen molar-refractivity contribution in [3.8, 4) is 11.1 Å². The van der Waals surface area contributed by atoms with Crippen molar-refractivity contribution >= 4 is 11.7 Å². The van der Waals surface area contributed by atoms with Crippen LogP contribution < -0.4 is 10.2 Å². The highest BCUT2D eigenvalue weighted by atomic mass is 19.4. The van der Waals surface area contributed by atoms with Crippen molar-refractivity contribution in [3.05, 3.63) is 65.8 Å². The second-order valence-corrected chi connectivity index (χ2v) is 12.9. The van der Waals surface area contributed by atoms with Crippen molar-refractivity contribution in [1.29, 1.82) is 0 Å². The van der Waals surface area contributed by atoms with E-state index in [0.29, 0.717) is 43.7 Å². The molecule has 0 spiro atoms.